The minimum Gasteiger partial charge on any atom is -0.392 e. The Kier molecular flexibility index (Phi) is 6.36. The van der Waals surface area contributed by atoms with Gasteiger partial charge in [-0.1, -0.05) is 12.1 Å². The number of morpholine rings is 1. The Morgan fingerprint density at radius 2 is 1.95 bits per heavy atom. The lowest BCUT2D eigenvalue weighted by Crippen LogP contribution is -2.40. The molecule has 1 fully saturated rings. The molecule has 1 amide bonds. The highest BCUT2D eigenvalue weighted by molar-refractivity contribution is 7.99. The van der Waals surface area contributed by atoms with Crippen molar-refractivity contribution < 1.29 is 14.6 Å². The van der Waals surface area contributed by atoms with E-state index in [4.69, 9.17) is 9.84 Å². The second-order valence-electron chi connectivity index (χ2n) is 4.75. The maximum atomic E-state index is 11.9. The smallest absolute Gasteiger partial charge is 0.222 e. The highest BCUT2D eigenvalue weighted by atomic mass is 32.2. The molecule has 0 spiro atoms. The monoisotopic (exact) mass is 295 g/mol. The Hall–Kier alpha value is -1.04. The molecule has 1 saturated heterocycles. The summed E-state index contributed by atoms with van der Waals surface area (Å²) in [6, 6.07) is 7.89. The summed E-state index contributed by atoms with van der Waals surface area (Å²) in [6.45, 7) is 2.87. The zero-order valence-corrected chi connectivity index (χ0v) is 12.4. The van der Waals surface area contributed by atoms with E-state index >= 15 is 0 Å². The van der Waals surface area contributed by atoms with Gasteiger partial charge in [0.2, 0.25) is 5.91 Å². The molecule has 0 unspecified atom stereocenters. The molecule has 2 rings (SSSR count). The number of aliphatic hydroxyl groups excluding tert-OH is 1. The van der Waals surface area contributed by atoms with Crippen LogP contribution >= 0.6 is 11.8 Å². The topological polar surface area (TPSA) is 49.8 Å². The molecule has 4 nitrogen and oxygen atoms in total. The molecule has 1 aromatic rings. The lowest BCUT2D eigenvalue weighted by atomic mass is 10.2. The summed E-state index contributed by atoms with van der Waals surface area (Å²) in [5, 5.41) is 8.97. The summed E-state index contributed by atoms with van der Waals surface area (Å²) < 4.78 is 5.24. The van der Waals surface area contributed by atoms with E-state index in [2.05, 4.69) is 0 Å². The van der Waals surface area contributed by atoms with Crippen molar-refractivity contribution in [2.75, 3.05) is 32.1 Å². The first-order valence-electron chi connectivity index (χ1n) is 6.98. The van der Waals surface area contributed by atoms with Crippen molar-refractivity contribution in [1.82, 2.24) is 4.90 Å². The van der Waals surface area contributed by atoms with E-state index in [1.165, 1.54) is 4.90 Å². The van der Waals surface area contributed by atoms with Gasteiger partial charge < -0.3 is 14.7 Å². The van der Waals surface area contributed by atoms with Crippen LogP contribution in [0.5, 0.6) is 0 Å². The van der Waals surface area contributed by atoms with Gasteiger partial charge in [-0.05, 0) is 29.9 Å². The summed E-state index contributed by atoms with van der Waals surface area (Å²) in [5.74, 6) is 1.18. The fourth-order valence-electron chi connectivity index (χ4n) is 2.08. The molecule has 0 saturated carbocycles. The van der Waals surface area contributed by atoms with Crippen LogP contribution in [0.1, 0.15) is 18.4 Å². The van der Waals surface area contributed by atoms with Gasteiger partial charge in [0, 0.05) is 24.4 Å². The van der Waals surface area contributed by atoms with E-state index < -0.39 is 0 Å². The highest BCUT2D eigenvalue weighted by Gasteiger charge is 2.15. The molecule has 1 heterocycles. The molecule has 1 N–H and O–H groups in total. The number of benzene rings is 1. The van der Waals surface area contributed by atoms with Crippen LogP contribution in [0.15, 0.2) is 29.2 Å². The number of aliphatic hydroxyl groups is 1. The molecule has 0 aliphatic carbocycles. The molecule has 110 valence electrons. The number of carbonyl (C=O) groups excluding carboxylic acids is 1. The first-order valence-corrected chi connectivity index (χ1v) is 7.96. The fraction of sp³-hybridized carbons (Fsp3) is 0.533. The van der Waals surface area contributed by atoms with Crippen molar-refractivity contribution in [3.63, 3.8) is 0 Å². The fourth-order valence-corrected chi connectivity index (χ4v) is 2.93. The van der Waals surface area contributed by atoms with Crippen molar-refractivity contribution in [2.45, 2.75) is 24.3 Å². The maximum Gasteiger partial charge on any atom is 0.222 e. The number of hydrogen-bond acceptors (Lipinski definition) is 4. The first kappa shape index (κ1) is 15.4. The molecule has 0 bridgehead atoms. The van der Waals surface area contributed by atoms with Crippen LogP contribution in [0.2, 0.25) is 0 Å². The number of amides is 1. The summed E-state index contributed by atoms with van der Waals surface area (Å²) in [6.07, 6.45) is 1.50. The number of hydrogen-bond donors (Lipinski definition) is 1. The lowest BCUT2D eigenvalue weighted by Gasteiger charge is -2.26. The van der Waals surface area contributed by atoms with Gasteiger partial charge >= 0.3 is 0 Å². The lowest BCUT2D eigenvalue weighted by molar-refractivity contribution is -0.135. The minimum absolute atomic E-state index is 0.0823. The van der Waals surface area contributed by atoms with E-state index in [0.717, 1.165) is 30.8 Å². The van der Waals surface area contributed by atoms with Gasteiger partial charge in [0.05, 0.1) is 19.8 Å². The Labute approximate surface area is 124 Å². The van der Waals surface area contributed by atoms with Gasteiger partial charge in [-0.25, -0.2) is 0 Å². The average Bonchev–Trinajstić information content (AvgIpc) is 2.53. The Morgan fingerprint density at radius 1 is 1.25 bits per heavy atom. The Bertz CT molecular complexity index is 416. The van der Waals surface area contributed by atoms with Crippen LogP contribution in [-0.4, -0.2) is 48.0 Å². The number of nitrogens with zero attached hydrogens (tertiary/aromatic N) is 1. The molecule has 1 aromatic carbocycles. The van der Waals surface area contributed by atoms with Crippen molar-refractivity contribution in [2.24, 2.45) is 0 Å². The van der Waals surface area contributed by atoms with E-state index in [0.29, 0.717) is 19.6 Å². The minimum atomic E-state index is 0.0823. The van der Waals surface area contributed by atoms with Crippen molar-refractivity contribution in [3.05, 3.63) is 29.8 Å². The van der Waals surface area contributed by atoms with Gasteiger partial charge in [0.25, 0.3) is 0 Å². The van der Waals surface area contributed by atoms with Crippen LogP contribution in [0, 0.1) is 0 Å². The normalized spacial score (nSPS) is 15.3. The molecule has 20 heavy (non-hydrogen) atoms. The third-order valence-corrected chi connectivity index (χ3v) is 4.37. The van der Waals surface area contributed by atoms with E-state index in [-0.39, 0.29) is 12.5 Å². The van der Waals surface area contributed by atoms with Crippen LogP contribution in [0.3, 0.4) is 0 Å². The first-order chi connectivity index (χ1) is 9.79. The quantitative estimate of drug-likeness (QED) is 0.643. The third kappa shape index (κ3) is 4.81. The van der Waals surface area contributed by atoms with E-state index in [1.54, 1.807) is 11.8 Å². The maximum absolute atomic E-state index is 11.9. The zero-order valence-electron chi connectivity index (χ0n) is 11.6. The van der Waals surface area contributed by atoms with Crippen LogP contribution < -0.4 is 0 Å². The summed E-state index contributed by atoms with van der Waals surface area (Å²) in [4.78, 5) is 15.0. The molecule has 0 atom stereocenters. The predicted octanol–water partition coefficient (Wildman–Crippen LogP) is 1.91. The van der Waals surface area contributed by atoms with E-state index in [1.807, 2.05) is 29.2 Å². The van der Waals surface area contributed by atoms with Gasteiger partial charge in [0.15, 0.2) is 0 Å². The van der Waals surface area contributed by atoms with E-state index in [9.17, 15) is 4.79 Å². The van der Waals surface area contributed by atoms with Gasteiger partial charge in [-0.3, -0.25) is 4.79 Å². The second-order valence-corrected chi connectivity index (χ2v) is 5.92. The van der Waals surface area contributed by atoms with Crippen LogP contribution in [0.25, 0.3) is 0 Å². The molecule has 1 aliphatic rings. The van der Waals surface area contributed by atoms with Gasteiger partial charge in [-0.15, -0.1) is 11.8 Å². The van der Waals surface area contributed by atoms with Crippen molar-refractivity contribution in [1.29, 1.82) is 0 Å². The van der Waals surface area contributed by atoms with Crippen molar-refractivity contribution in [3.8, 4) is 0 Å². The van der Waals surface area contributed by atoms with Crippen LogP contribution in [-0.2, 0) is 16.1 Å². The number of rotatable bonds is 6. The molecule has 1 aliphatic heterocycles. The second kappa shape index (κ2) is 8.29. The van der Waals surface area contributed by atoms with Gasteiger partial charge in [0.1, 0.15) is 0 Å². The average molecular weight is 295 g/mol. The van der Waals surface area contributed by atoms with Crippen LogP contribution in [0.4, 0.5) is 0 Å². The van der Waals surface area contributed by atoms with Crippen molar-refractivity contribution >= 4 is 17.7 Å². The standard InChI is InChI=1S/C15H21NO3S/c17-12-13-3-5-14(6-4-13)20-11-1-2-15(18)16-7-9-19-10-8-16/h3-6,17H,1-2,7-12H2. The summed E-state index contributed by atoms with van der Waals surface area (Å²) in [7, 11) is 0. The number of ether oxygens (including phenoxy) is 1. The molecular formula is C15H21NO3S. The Morgan fingerprint density at radius 3 is 2.60 bits per heavy atom. The summed E-state index contributed by atoms with van der Waals surface area (Å²) >= 11 is 1.75. The van der Waals surface area contributed by atoms with Gasteiger partial charge in [-0.2, -0.15) is 0 Å². The summed E-state index contributed by atoms with van der Waals surface area (Å²) in [5.41, 5.74) is 0.928. The number of thioether (sulfide) groups is 1. The third-order valence-electron chi connectivity index (χ3n) is 3.27. The Balaban J connectivity index is 1.64. The molecule has 5 heteroatoms. The highest BCUT2D eigenvalue weighted by Crippen LogP contribution is 2.20. The zero-order chi connectivity index (χ0) is 14.2. The molecule has 0 radical (unpaired) electrons. The molecular weight excluding hydrogens is 274 g/mol. The number of carbonyl (C=O) groups is 1. The predicted molar refractivity (Wildman–Crippen MR) is 79.7 cm³/mol. The largest absolute Gasteiger partial charge is 0.392 e. The molecule has 0 aromatic heterocycles. The SMILES string of the molecule is O=C(CCCSc1ccc(CO)cc1)N1CCOCC1.